The van der Waals surface area contributed by atoms with Gasteiger partial charge in [0.05, 0.1) is 0 Å². The van der Waals surface area contributed by atoms with E-state index in [4.69, 9.17) is 23.8 Å². The maximum atomic E-state index is 6.11. The van der Waals surface area contributed by atoms with Crippen molar-refractivity contribution >= 4 is 34.6 Å². The highest BCUT2D eigenvalue weighted by Crippen LogP contribution is 2.17. The number of hydrogen-bond acceptors (Lipinski definition) is 1. The molecule has 2 aromatic rings. The fourth-order valence-electron chi connectivity index (χ4n) is 1.94. The number of thiocarbonyl (C=S) groups is 1. The molecular formula is C17H19ClN2S. The van der Waals surface area contributed by atoms with Crippen molar-refractivity contribution in [3.8, 4) is 0 Å². The first-order chi connectivity index (χ1) is 10.1. The number of hydrogen-bond donors (Lipinski definition) is 2. The smallest absolute Gasteiger partial charge is 0.171 e. The largest absolute Gasteiger partial charge is 0.358 e. The molecule has 2 aromatic carbocycles. The standard InChI is InChI=1S/C17H19ClN2S/c1-12(2)13-7-9-15(10-8-13)20-17(21)19-11-14-5-3-4-6-16(14)18/h3-10,12H,11H2,1-2H3,(H2,19,20,21). The minimum absolute atomic E-state index is 0.532. The van der Waals surface area contributed by atoms with Gasteiger partial charge in [0.1, 0.15) is 0 Å². The fraction of sp³-hybridized carbons (Fsp3) is 0.235. The number of nitrogens with one attached hydrogen (secondary N) is 2. The molecule has 110 valence electrons. The minimum atomic E-state index is 0.532. The van der Waals surface area contributed by atoms with Crippen molar-refractivity contribution in [1.82, 2.24) is 5.32 Å². The van der Waals surface area contributed by atoms with Crippen LogP contribution in [0.4, 0.5) is 5.69 Å². The molecule has 0 amide bonds. The Morgan fingerprint density at radius 2 is 1.76 bits per heavy atom. The summed E-state index contributed by atoms with van der Waals surface area (Å²) >= 11 is 11.4. The van der Waals surface area contributed by atoms with Crippen LogP contribution < -0.4 is 10.6 Å². The molecule has 2 nitrogen and oxygen atoms in total. The molecule has 0 atom stereocenters. The molecule has 2 rings (SSSR count). The third-order valence-corrected chi connectivity index (χ3v) is 3.85. The van der Waals surface area contributed by atoms with E-state index in [1.54, 1.807) is 0 Å². The van der Waals surface area contributed by atoms with Gasteiger partial charge in [0.2, 0.25) is 0 Å². The third kappa shape index (κ3) is 4.73. The average molecular weight is 319 g/mol. The molecule has 0 heterocycles. The molecule has 0 aromatic heterocycles. The van der Waals surface area contributed by atoms with Crippen LogP contribution in [0.3, 0.4) is 0 Å². The second-order valence-corrected chi connectivity index (χ2v) is 5.99. The summed E-state index contributed by atoms with van der Waals surface area (Å²) in [6, 6.07) is 16.0. The summed E-state index contributed by atoms with van der Waals surface area (Å²) in [5.74, 6) is 0.532. The van der Waals surface area contributed by atoms with Crippen LogP contribution in [0.1, 0.15) is 30.9 Å². The molecule has 0 saturated carbocycles. The van der Waals surface area contributed by atoms with Crippen molar-refractivity contribution in [2.45, 2.75) is 26.3 Å². The van der Waals surface area contributed by atoms with Crippen LogP contribution in [0.25, 0.3) is 0 Å². The first-order valence-electron chi connectivity index (χ1n) is 6.94. The van der Waals surface area contributed by atoms with Gasteiger partial charge >= 0.3 is 0 Å². The van der Waals surface area contributed by atoms with Gasteiger partial charge in [-0.05, 0) is 47.5 Å². The summed E-state index contributed by atoms with van der Waals surface area (Å²) in [6.07, 6.45) is 0. The lowest BCUT2D eigenvalue weighted by Crippen LogP contribution is -2.27. The number of benzene rings is 2. The average Bonchev–Trinajstić information content (AvgIpc) is 2.47. The molecule has 2 N–H and O–H groups in total. The Morgan fingerprint density at radius 1 is 1.10 bits per heavy atom. The van der Waals surface area contributed by atoms with Gasteiger partial charge in [0.25, 0.3) is 0 Å². The Bertz CT molecular complexity index is 608. The van der Waals surface area contributed by atoms with Crippen LogP contribution in [0, 0.1) is 0 Å². The summed E-state index contributed by atoms with van der Waals surface area (Å²) in [5.41, 5.74) is 3.32. The van der Waals surface area contributed by atoms with Crippen molar-refractivity contribution in [3.05, 3.63) is 64.7 Å². The van der Waals surface area contributed by atoms with Gasteiger partial charge in [-0.3, -0.25) is 0 Å². The van der Waals surface area contributed by atoms with E-state index < -0.39 is 0 Å². The van der Waals surface area contributed by atoms with E-state index >= 15 is 0 Å². The maximum absolute atomic E-state index is 6.11. The lowest BCUT2D eigenvalue weighted by atomic mass is 10.0. The topological polar surface area (TPSA) is 24.1 Å². The minimum Gasteiger partial charge on any atom is -0.358 e. The molecule has 0 saturated heterocycles. The Balaban J connectivity index is 1.88. The van der Waals surface area contributed by atoms with E-state index in [0.29, 0.717) is 17.6 Å². The summed E-state index contributed by atoms with van der Waals surface area (Å²) in [6.45, 7) is 4.96. The van der Waals surface area contributed by atoms with Crippen molar-refractivity contribution in [3.63, 3.8) is 0 Å². The second kappa shape index (κ2) is 7.43. The van der Waals surface area contributed by atoms with E-state index in [1.807, 2.05) is 36.4 Å². The predicted molar refractivity (Wildman–Crippen MR) is 95.0 cm³/mol. The summed E-state index contributed by atoms with van der Waals surface area (Å²) in [4.78, 5) is 0. The summed E-state index contributed by atoms with van der Waals surface area (Å²) in [5, 5.41) is 7.67. The fourth-order valence-corrected chi connectivity index (χ4v) is 2.34. The SMILES string of the molecule is CC(C)c1ccc(NC(=S)NCc2ccccc2Cl)cc1. The van der Waals surface area contributed by atoms with Crippen LogP contribution in [0.5, 0.6) is 0 Å². The van der Waals surface area contributed by atoms with Crippen molar-refractivity contribution in [2.24, 2.45) is 0 Å². The van der Waals surface area contributed by atoms with E-state index in [9.17, 15) is 0 Å². The van der Waals surface area contributed by atoms with Gasteiger partial charge < -0.3 is 10.6 Å². The Morgan fingerprint density at radius 3 is 2.38 bits per heavy atom. The van der Waals surface area contributed by atoms with Crippen LogP contribution in [-0.2, 0) is 6.54 Å². The zero-order chi connectivity index (χ0) is 15.2. The molecule has 0 aliphatic heterocycles. The van der Waals surface area contributed by atoms with Crippen LogP contribution in [-0.4, -0.2) is 5.11 Å². The first-order valence-corrected chi connectivity index (χ1v) is 7.73. The van der Waals surface area contributed by atoms with E-state index in [1.165, 1.54) is 5.56 Å². The van der Waals surface area contributed by atoms with Crippen molar-refractivity contribution in [2.75, 3.05) is 5.32 Å². The van der Waals surface area contributed by atoms with Gasteiger partial charge in [-0.15, -0.1) is 0 Å². The van der Waals surface area contributed by atoms with Crippen molar-refractivity contribution in [1.29, 1.82) is 0 Å². The maximum Gasteiger partial charge on any atom is 0.171 e. The van der Waals surface area contributed by atoms with E-state index in [0.717, 1.165) is 16.3 Å². The third-order valence-electron chi connectivity index (χ3n) is 3.23. The van der Waals surface area contributed by atoms with E-state index in [-0.39, 0.29) is 0 Å². The van der Waals surface area contributed by atoms with Crippen LogP contribution >= 0.6 is 23.8 Å². The van der Waals surface area contributed by atoms with Gasteiger partial charge in [-0.2, -0.15) is 0 Å². The van der Waals surface area contributed by atoms with Crippen LogP contribution in [0.2, 0.25) is 5.02 Å². The summed E-state index contributed by atoms with van der Waals surface area (Å²) < 4.78 is 0. The molecular weight excluding hydrogens is 300 g/mol. The van der Waals surface area contributed by atoms with Gasteiger partial charge in [-0.25, -0.2) is 0 Å². The second-order valence-electron chi connectivity index (χ2n) is 5.18. The Kier molecular flexibility index (Phi) is 5.59. The summed E-state index contributed by atoms with van der Waals surface area (Å²) in [7, 11) is 0. The quantitative estimate of drug-likeness (QED) is 0.780. The Hall–Kier alpha value is -1.58. The lowest BCUT2D eigenvalue weighted by Gasteiger charge is -2.12. The molecule has 0 bridgehead atoms. The van der Waals surface area contributed by atoms with Gasteiger partial charge in [-0.1, -0.05) is 55.8 Å². The Labute approximate surface area is 136 Å². The highest BCUT2D eigenvalue weighted by molar-refractivity contribution is 7.80. The zero-order valence-electron chi connectivity index (χ0n) is 12.2. The number of halogens is 1. The molecule has 0 unspecified atom stereocenters. The highest BCUT2D eigenvalue weighted by atomic mass is 35.5. The monoisotopic (exact) mass is 318 g/mol. The number of rotatable bonds is 4. The molecule has 21 heavy (non-hydrogen) atoms. The number of anilines is 1. The highest BCUT2D eigenvalue weighted by Gasteiger charge is 2.02. The molecule has 4 heteroatoms. The molecule has 0 aliphatic carbocycles. The first kappa shape index (κ1) is 15.8. The van der Waals surface area contributed by atoms with Crippen molar-refractivity contribution < 1.29 is 0 Å². The molecule has 0 spiro atoms. The lowest BCUT2D eigenvalue weighted by molar-refractivity contribution is 0.867. The molecule has 0 aliphatic rings. The predicted octanol–water partition coefficient (Wildman–Crippen LogP) is 4.95. The zero-order valence-corrected chi connectivity index (χ0v) is 13.8. The van der Waals surface area contributed by atoms with E-state index in [2.05, 4.69) is 36.6 Å². The van der Waals surface area contributed by atoms with Gasteiger partial charge in [0, 0.05) is 17.3 Å². The van der Waals surface area contributed by atoms with Gasteiger partial charge in [0.15, 0.2) is 5.11 Å². The molecule has 0 fully saturated rings. The molecule has 0 radical (unpaired) electrons. The normalized spacial score (nSPS) is 10.5. The van der Waals surface area contributed by atoms with Crippen LogP contribution in [0.15, 0.2) is 48.5 Å².